The van der Waals surface area contributed by atoms with Crippen molar-refractivity contribution < 1.29 is 22.5 Å². The number of ketones is 1. The lowest BCUT2D eigenvalue weighted by molar-refractivity contribution is 0.00578. The summed E-state index contributed by atoms with van der Waals surface area (Å²) in [4.78, 5) is 13.7. The molecular formula is C26H31BClNO5S. The van der Waals surface area contributed by atoms with E-state index in [4.69, 9.17) is 20.9 Å². The van der Waals surface area contributed by atoms with E-state index in [2.05, 4.69) is 0 Å². The Morgan fingerprint density at radius 2 is 1.51 bits per heavy atom. The lowest BCUT2D eigenvalue weighted by Crippen LogP contribution is -2.41. The monoisotopic (exact) mass is 515 g/mol. The maximum absolute atomic E-state index is 13.7. The van der Waals surface area contributed by atoms with Crippen molar-refractivity contribution in [2.24, 2.45) is 5.41 Å². The van der Waals surface area contributed by atoms with Gasteiger partial charge in [-0.05, 0) is 58.9 Å². The lowest BCUT2D eigenvalue weighted by Gasteiger charge is -2.32. The van der Waals surface area contributed by atoms with Crippen LogP contribution in [-0.4, -0.2) is 36.5 Å². The molecule has 3 aromatic rings. The minimum Gasteiger partial charge on any atom is -0.399 e. The van der Waals surface area contributed by atoms with Gasteiger partial charge in [-0.1, -0.05) is 50.1 Å². The quantitative estimate of drug-likeness (QED) is 0.345. The van der Waals surface area contributed by atoms with Crippen molar-refractivity contribution in [3.05, 3.63) is 58.7 Å². The Labute approximate surface area is 212 Å². The molecule has 0 spiro atoms. The van der Waals surface area contributed by atoms with E-state index in [0.29, 0.717) is 21.4 Å². The molecule has 1 aromatic heterocycles. The molecule has 186 valence electrons. The highest BCUT2D eigenvalue weighted by atomic mass is 35.5. The number of benzene rings is 2. The molecule has 35 heavy (non-hydrogen) atoms. The van der Waals surface area contributed by atoms with Crippen LogP contribution < -0.4 is 5.46 Å². The minimum atomic E-state index is -4.00. The predicted molar refractivity (Wildman–Crippen MR) is 140 cm³/mol. The van der Waals surface area contributed by atoms with Crippen LogP contribution in [0.3, 0.4) is 0 Å². The van der Waals surface area contributed by atoms with Gasteiger partial charge in [0.2, 0.25) is 0 Å². The van der Waals surface area contributed by atoms with E-state index in [9.17, 15) is 13.2 Å². The van der Waals surface area contributed by atoms with Crippen molar-refractivity contribution in [2.45, 2.75) is 71.5 Å². The number of nitrogens with zero attached hydrogens (tertiary/aromatic N) is 1. The van der Waals surface area contributed by atoms with Gasteiger partial charge < -0.3 is 9.31 Å². The zero-order valence-corrected chi connectivity index (χ0v) is 23.0. The maximum atomic E-state index is 13.7. The van der Waals surface area contributed by atoms with E-state index in [0.717, 1.165) is 9.54 Å². The number of carbonyl (C=O) groups is 1. The van der Waals surface area contributed by atoms with Crippen molar-refractivity contribution in [3.8, 4) is 0 Å². The normalized spacial score (nSPS) is 17.8. The molecule has 1 aliphatic heterocycles. The van der Waals surface area contributed by atoms with E-state index in [1.165, 1.54) is 6.20 Å². The molecule has 0 atom stereocenters. The largest absolute Gasteiger partial charge is 0.497 e. The van der Waals surface area contributed by atoms with Crippen LogP contribution >= 0.6 is 11.6 Å². The third-order valence-electron chi connectivity index (χ3n) is 6.92. The number of Topliss-reactive ketones (excluding diaryl/α,β-unsaturated/α-hetero) is 1. The van der Waals surface area contributed by atoms with Crippen LogP contribution in [0.15, 0.2) is 47.5 Å². The Morgan fingerprint density at radius 1 is 0.971 bits per heavy atom. The van der Waals surface area contributed by atoms with E-state index in [-0.39, 0.29) is 16.2 Å². The molecule has 0 radical (unpaired) electrons. The first-order valence-electron chi connectivity index (χ1n) is 11.5. The van der Waals surface area contributed by atoms with Gasteiger partial charge in [0, 0.05) is 33.0 Å². The van der Waals surface area contributed by atoms with Crippen LogP contribution in [0.5, 0.6) is 0 Å². The molecule has 1 saturated heterocycles. The molecule has 0 N–H and O–H groups in total. The van der Waals surface area contributed by atoms with Crippen LogP contribution in [0.1, 0.15) is 64.4 Å². The van der Waals surface area contributed by atoms with Gasteiger partial charge in [0.1, 0.15) is 0 Å². The Hall–Kier alpha value is -2.13. The Kier molecular flexibility index (Phi) is 6.08. The van der Waals surface area contributed by atoms with E-state index in [1.54, 1.807) is 57.2 Å². The molecule has 1 fully saturated rings. The molecule has 9 heteroatoms. The standard InChI is InChI=1S/C26H31BClNO5S/c1-16-9-11-17(12-10-16)35(31,32)29-15-18(23(30)24(2,3)4)21-20(29)14-13-19(28)22(21)27-33-25(5,6)26(7,8)34-27/h9-15H,1-8H3. The second kappa shape index (κ2) is 8.20. The van der Waals surface area contributed by atoms with Crippen LogP contribution in [0, 0.1) is 12.3 Å². The van der Waals surface area contributed by atoms with Crippen LogP contribution in [-0.2, 0) is 19.3 Å². The van der Waals surface area contributed by atoms with Gasteiger partial charge in [0.25, 0.3) is 10.0 Å². The number of hydrogen-bond donors (Lipinski definition) is 0. The number of carbonyl (C=O) groups excluding carboxylic acids is 1. The number of halogens is 1. The fourth-order valence-electron chi connectivity index (χ4n) is 4.09. The predicted octanol–water partition coefficient (Wildman–Crippen LogP) is 5.37. The zero-order valence-electron chi connectivity index (χ0n) is 21.4. The highest BCUT2D eigenvalue weighted by Gasteiger charge is 2.53. The third-order valence-corrected chi connectivity index (χ3v) is 8.93. The molecule has 0 aliphatic carbocycles. The molecule has 0 amide bonds. The third kappa shape index (κ3) is 4.24. The van der Waals surface area contributed by atoms with Gasteiger partial charge in [-0.2, -0.15) is 0 Å². The molecule has 2 heterocycles. The van der Waals surface area contributed by atoms with E-state index in [1.807, 2.05) is 34.6 Å². The molecule has 0 saturated carbocycles. The number of aromatic nitrogens is 1. The molecule has 6 nitrogen and oxygen atoms in total. The molecule has 4 rings (SSSR count). The summed E-state index contributed by atoms with van der Waals surface area (Å²) in [5.41, 5.74) is -0.0555. The molecule has 0 unspecified atom stereocenters. The second-order valence-electron chi connectivity index (χ2n) is 11.2. The number of hydrogen-bond acceptors (Lipinski definition) is 5. The number of fused-ring (bicyclic) bond motifs is 1. The highest BCUT2D eigenvalue weighted by Crippen LogP contribution is 2.39. The molecule has 0 bridgehead atoms. The summed E-state index contributed by atoms with van der Waals surface area (Å²) in [5, 5.41) is 0.760. The highest BCUT2D eigenvalue weighted by molar-refractivity contribution is 7.90. The number of aryl methyl sites for hydroxylation is 1. The van der Waals surface area contributed by atoms with Crippen molar-refractivity contribution in [2.75, 3.05) is 0 Å². The zero-order chi connectivity index (χ0) is 26.1. The average Bonchev–Trinajstić information content (AvgIpc) is 3.21. The SMILES string of the molecule is Cc1ccc(S(=O)(=O)n2cc(C(=O)C(C)(C)C)c3c(B4OC(C)(C)C(C)(C)O4)c(Cl)ccc32)cc1. The van der Waals surface area contributed by atoms with Crippen LogP contribution in [0.25, 0.3) is 10.9 Å². The smallest absolute Gasteiger partial charge is 0.399 e. The van der Waals surface area contributed by atoms with Crippen LogP contribution in [0.4, 0.5) is 0 Å². The van der Waals surface area contributed by atoms with Crippen LogP contribution in [0.2, 0.25) is 5.02 Å². The number of rotatable bonds is 4. The summed E-state index contributed by atoms with van der Waals surface area (Å²) in [6.45, 7) is 15.0. The van der Waals surface area contributed by atoms with Crippen molar-refractivity contribution in [3.63, 3.8) is 0 Å². The second-order valence-corrected chi connectivity index (χ2v) is 13.4. The van der Waals surface area contributed by atoms with E-state index < -0.39 is 33.8 Å². The van der Waals surface area contributed by atoms with Gasteiger partial charge in [0.15, 0.2) is 5.78 Å². The van der Waals surface area contributed by atoms with Gasteiger partial charge in [-0.3, -0.25) is 4.79 Å². The van der Waals surface area contributed by atoms with Gasteiger partial charge in [-0.25, -0.2) is 12.4 Å². The maximum Gasteiger partial charge on any atom is 0.497 e. The summed E-state index contributed by atoms with van der Waals surface area (Å²) in [5.74, 6) is -0.208. The Balaban J connectivity index is 2.05. The van der Waals surface area contributed by atoms with Gasteiger partial charge >= 0.3 is 7.12 Å². The fraction of sp³-hybridized carbons (Fsp3) is 0.423. The van der Waals surface area contributed by atoms with Crippen molar-refractivity contribution in [1.29, 1.82) is 0 Å². The Bertz CT molecular complexity index is 1420. The molecule has 2 aromatic carbocycles. The van der Waals surface area contributed by atoms with Gasteiger partial charge in [0.05, 0.1) is 21.6 Å². The summed E-state index contributed by atoms with van der Waals surface area (Å²) in [7, 11) is -4.87. The average molecular weight is 516 g/mol. The summed E-state index contributed by atoms with van der Waals surface area (Å²) < 4.78 is 41.2. The first-order valence-corrected chi connectivity index (χ1v) is 13.4. The van der Waals surface area contributed by atoms with Crippen molar-refractivity contribution in [1.82, 2.24) is 3.97 Å². The van der Waals surface area contributed by atoms with E-state index >= 15 is 0 Å². The minimum absolute atomic E-state index is 0.127. The molecule has 1 aliphatic rings. The summed E-state index contributed by atoms with van der Waals surface area (Å²) >= 11 is 6.69. The topological polar surface area (TPSA) is 74.6 Å². The fourth-order valence-corrected chi connectivity index (χ4v) is 5.70. The summed E-state index contributed by atoms with van der Waals surface area (Å²) in [6, 6.07) is 9.85. The molecular weight excluding hydrogens is 485 g/mol. The van der Waals surface area contributed by atoms with Gasteiger partial charge in [-0.15, -0.1) is 0 Å². The first-order chi connectivity index (χ1) is 16.0. The first kappa shape index (κ1) is 26.0. The Morgan fingerprint density at radius 3 is 2.03 bits per heavy atom. The van der Waals surface area contributed by atoms with Crippen molar-refractivity contribution >= 4 is 50.9 Å². The summed E-state index contributed by atoms with van der Waals surface area (Å²) in [6.07, 6.45) is 1.40. The lowest BCUT2D eigenvalue weighted by atomic mass is 9.74.